The molecular formula is C11H13F4NO. The third kappa shape index (κ3) is 6.78. The van der Waals surface area contributed by atoms with Crippen LogP contribution in [0.1, 0.15) is 6.42 Å². The van der Waals surface area contributed by atoms with E-state index in [4.69, 9.17) is 0 Å². The molecule has 0 bridgehead atoms. The molecule has 0 aliphatic carbocycles. The first-order chi connectivity index (χ1) is 7.97. The van der Waals surface area contributed by atoms with Gasteiger partial charge in [-0.05, 0) is 30.7 Å². The molecule has 0 saturated heterocycles. The summed E-state index contributed by atoms with van der Waals surface area (Å²) in [6.07, 6.45) is -3.82. The van der Waals surface area contributed by atoms with E-state index in [-0.39, 0.29) is 12.4 Å². The number of benzene rings is 1. The Labute approximate surface area is 96.6 Å². The maximum Gasteiger partial charge on any atom is 0.411 e. The lowest BCUT2D eigenvalue weighted by atomic mass is 10.3. The van der Waals surface area contributed by atoms with E-state index in [1.54, 1.807) is 12.1 Å². The van der Waals surface area contributed by atoms with Gasteiger partial charge < -0.3 is 10.1 Å². The zero-order chi connectivity index (χ0) is 12.7. The highest BCUT2D eigenvalue weighted by Gasteiger charge is 2.27. The van der Waals surface area contributed by atoms with E-state index in [9.17, 15) is 17.6 Å². The van der Waals surface area contributed by atoms with Gasteiger partial charge in [0.2, 0.25) is 0 Å². The Morgan fingerprint density at radius 1 is 1.12 bits per heavy atom. The van der Waals surface area contributed by atoms with E-state index < -0.39 is 12.8 Å². The number of alkyl halides is 3. The van der Waals surface area contributed by atoms with Gasteiger partial charge in [-0.3, -0.25) is 0 Å². The van der Waals surface area contributed by atoms with Crippen molar-refractivity contribution in [3.63, 3.8) is 0 Å². The number of halogens is 4. The Bertz CT molecular complexity index is 323. The van der Waals surface area contributed by atoms with Crippen molar-refractivity contribution in [1.82, 2.24) is 0 Å². The molecule has 0 fully saturated rings. The minimum Gasteiger partial charge on any atom is -0.385 e. The smallest absolute Gasteiger partial charge is 0.385 e. The van der Waals surface area contributed by atoms with E-state index in [1.807, 2.05) is 0 Å². The molecule has 6 heteroatoms. The van der Waals surface area contributed by atoms with Gasteiger partial charge in [0.25, 0.3) is 0 Å². The van der Waals surface area contributed by atoms with Gasteiger partial charge in [-0.25, -0.2) is 4.39 Å². The lowest BCUT2D eigenvalue weighted by Crippen LogP contribution is -2.18. The normalized spacial score (nSPS) is 11.5. The van der Waals surface area contributed by atoms with Gasteiger partial charge in [-0.2, -0.15) is 13.2 Å². The molecule has 0 aliphatic rings. The fraction of sp³-hybridized carbons (Fsp3) is 0.455. The molecule has 0 saturated carbocycles. The Balaban J connectivity index is 2.07. The number of rotatable bonds is 6. The molecule has 0 heterocycles. The summed E-state index contributed by atoms with van der Waals surface area (Å²) in [5.74, 6) is -0.330. The second kappa shape index (κ2) is 6.44. The van der Waals surface area contributed by atoms with Crippen molar-refractivity contribution >= 4 is 5.69 Å². The number of anilines is 1. The molecule has 96 valence electrons. The molecule has 0 radical (unpaired) electrons. The van der Waals surface area contributed by atoms with Crippen LogP contribution in [0, 0.1) is 5.82 Å². The van der Waals surface area contributed by atoms with Crippen molar-refractivity contribution in [3.8, 4) is 0 Å². The SMILES string of the molecule is Fc1ccc(NCCCOCC(F)(F)F)cc1. The Kier molecular flexibility index (Phi) is 5.21. The second-order valence-corrected chi connectivity index (χ2v) is 3.45. The molecule has 1 N–H and O–H groups in total. The number of nitrogens with one attached hydrogen (secondary N) is 1. The van der Waals surface area contributed by atoms with Gasteiger partial charge in [0.15, 0.2) is 0 Å². The maximum absolute atomic E-state index is 12.5. The van der Waals surface area contributed by atoms with Crippen LogP contribution < -0.4 is 5.32 Å². The first-order valence-electron chi connectivity index (χ1n) is 5.11. The summed E-state index contributed by atoms with van der Waals surface area (Å²) in [5, 5.41) is 2.94. The monoisotopic (exact) mass is 251 g/mol. The predicted molar refractivity (Wildman–Crippen MR) is 56.4 cm³/mol. The Morgan fingerprint density at radius 2 is 1.76 bits per heavy atom. The molecule has 0 amide bonds. The summed E-state index contributed by atoms with van der Waals surface area (Å²) in [4.78, 5) is 0. The van der Waals surface area contributed by atoms with E-state index in [1.165, 1.54) is 12.1 Å². The highest BCUT2D eigenvalue weighted by atomic mass is 19.4. The number of hydrogen-bond donors (Lipinski definition) is 1. The molecule has 0 atom stereocenters. The van der Waals surface area contributed by atoms with Crippen LogP contribution in [0.25, 0.3) is 0 Å². The molecular weight excluding hydrogens is 238 g/mol. The molecule has 2 nitrogen and oxygen atoms in total. The summed E-state index contributed by atoms with van der Waals surface area (Å²) >= 11 is 0. The maximum atomic E-state index is 12.5. The highest BCUT2D eigenvalue weighted by molar-refractivity contribution is 5.42. The standard InChI is InChI=1S/C11H13F4NO/c12-9-2-4-10(5-3-9)16-6-1-7-17-8-11(13,14)15/h2-5,16H,1,6-8H2. The highest BCUT2D eigenvalue weighted by Crippen LogP contribution is 2.14. The van der Waals surface area contributed by atoms with Gasteiger partial charge in [0.05, 0.1) is 0 Å². The molecule has 1 rings (SSSR count). The first kappa shape index (κ1) is 13.8. The second-order valence-electron chi connectivity index (χ2n) is 3.45. The van der Waals surface area contributed by atoms with E-state index >= 15 is 0 Å². The summed E-state index contributed by atoms with van der Waals surface area (Å²) < 4.78 is 52.0. The van der Waals surface area contributed by atoms with Crippen molar-refractivity contribution in [2.75, 3.05) is 25.1 Å². The van der Waals surface area contributed by atoms with Crippen molar-refractivity contribution in [2.45, 2.75) is 12.6 Å². The van der Waals surface area contributed by atoms with Crippen LogP contribution in [-0.2, 0) is 4.74 Å². The minimum atomic E-state index is -4.27. The third-order valence-corrected chi connectivity index (χ3v) is 1.90. The lowest BCUT2D eigenvalue weighted by molar-refractivity contribution is -0.173. The molecule has 1 aromatic rings. The topological polar surface area (TPSA) is 21.3 Å². The third-order valence-electron chi connectivity index (χ3n) is 1.90. The van der Waals surface area contributed by atoms with Crippen LogP contribution >= 0.6 is 0 Å². The zero-order valence-electron chi connectivity index (χ0n) is 9.06. The molecule has 17 heavy (non-hydrogen) atoms. The minimum absolute atomic E-state index is 0.0354. The number of ether oxygens (including phenoxy) is 1. The van der Waals surface area contributed by atoms with Gasteiger partial charge in [0, 0.05) is 18.8 Å². The van der Waals surface area contributed by atoms with Crippen molar-refractivity contribution < 1.29 is 22.3 Å². The Morgan fingerprint density at radius 3 is 2.35 bits per heavy atom. The van der Waals surface area contributed by atoms with Crippen LogP contribution in [0.15, 0.2) is 24.3 Å². The Hall–Kier alpha value is -1.30. The molecule has 0 aliphatic heterocycles. The molecule has 0 unspecified atom stereocenters. The average Bonchev–Trinajstić information content (AvgIpc) is 2.24. The summed E-state index contributed by atoms with van der Waals surface area (Å²) in [6.45, 7) is -0.708. The quantitative estimate of drug-likeness (QED) is 0.619. The molecule has 0 spiro atoms. The molecule has 1 aromatic carbocycles. The van der Waals surface area contributed by atoms with Crippen molar-refractivity contribution in [3.05, 3.63) is 30.1 Å². The average molecular weight is 251 g/mol. The van der Waals surface area contributed by atoms with Crippen LogP contribution in [0.2, 0.25) is 0 Å². The van der Waals surface area contributed by atoms with Crippen LogP contribution in [0.3, 0.4) is 0 Å². The van der Waals surface area contributed by atoms with Crippen molar-refractivity contribution in [1.29, 1.82) is 0 Å². The fourth-order valence-corrected chi connectivity index (χ4v) is 1.16. The first-order valence-corrected chi connectivity index (χ1v) is 5.11. The summed E-state index contributed by atoms with van der Waals surface area (Å²) in [7, 11) is 0. The predicted octanol–water partition coefficient (Wildman–Crippen LogP) is 3.21. The summed E-state index contributed by atoms with van der Waals surface area (Å²) in [5.41, 5.74) is 0.724. The van der Waals surface area contributed by atoms with E-state index in [0.29, 0.717) is 13.0 Å². The fourth-order valence-electron chi connectivity index (χ4n) is 1.16. The summed E-state index contributed by atoms with van der Waals surface area (Å²) in [6, 6.07) is 5.74. The lowest BCUT2D eigenvalue weighted by Gasteiger charge is -2.08. The zero-order valence-corrected chi connectivity index (χ0v) is 9.06. The van der Waals surface area contributed by atoms with Crippen LogP contribution in [-0.4, -0.2) is 25.9 Å². The van der Waals surface area contributed by atoms with Gasteiger partial charge in [-0.15, -0.1) is 0 Å². The van der Waals surface area contributed by atoms with Crippen LogP contribution in [0.4, 0.5) is 23.2 Å². The largest absolute Gasteiger partial charge is 0.411 e. The van der Waals surface area contributed by atoms with Gasteiger partial charge >= 0.3 is 6.18 Å². The van der Waals surface area contributed by atoms with E-state index in [2.05, 4.69) is 10.1 Å². The van der Waals surface area contributed by atoms with Crippen molar-refractivity contribution in [2.24, 2.45) is 0 Å². The van der Waals surface area contributed by atoms with E-state index in [0.717, 1.165) is 5.69 Å². The van der Waals surface area contributed by atoms with Gasteiger partial charge in [0.1, 0.15) is 12.4 Å². The number of hydrogen-bond acceptors (Lipinski definition) is 2. The van der Waals surface area contributed by atoms with Crippen LogP contribution in [0.5, 0.6) is 0 Å². The molecule has 0 aromatic heterocycles. The van der Waals surface area contributed by atoms with Gasteiger partial charge in [-0.1, -0.05) is 0 Å².